The lowest BCUT2D eigenvalue weighted by Gasteiger charge is -2.27. The molecule has 0 fully saturated rings. The maximum absolute atomic E-state index is 12.2. The molecular weight excluding hydrogens is 246 g/mol. The molecule has 1 aromatic heterocycles. The van der Waals surface area contributed by atoms with Crippen LogP contribution in [0.5, 0.6) is 0 Å². The molecule has 0 radical (unpaired) electrons. The zero-order chi connectivity index (χ0) is 15.0. The van der Waals surface area contributed by atoms with Gasteiger partial charge in [0.15, 0.2) is 0 Å². The summed E-state index contributed by atoms with van der Waals surface area (Å²) in [4.78, 5) is 23.5. The zero-order valence-corrected chi connectivity index (χ0v) is 12.2. The molecule has 0 aromatic carbocycles. The van der Waals surface area contributed by atoms with E-state index in [1.54, 1.807) is 41.5 Å². The SMILES string of the molecule is Cc1oc(C)c(C(=O)N[C@H](C(=O)O)C(C)(C)C)c1C. The summed E-state index contributed by atoms with van der Waals surface area (Å²) >= 11 is 0. The Bertz CT molecular complexity index is 508. The quantitative estimate of drug-likeness (QED) is 0.881. The number of carbonyl (C=O) groups excluding carboxylic acids is 1. The molecule has 0 aliphatic carbocycles. The van der Waals surface area contributed by atoms with Crippen molar-refractivity contribution in [3.05, 3.63) is 22.6 Å². The first-order valence-corrected chi connectivity index (χ1v) is 6.16. The minimum Gasteiger partial charge on any atom is -0.480 e. The fraction of sp³-hybridized carbons (Fsp3) is 0.571. The van der Waals surface area contributed by atoms with Gasteiger partial charge in [0.2, 0.25) is 0 Å². The molecule has 0 bridgehead atoms. The Morgan fingerprint density at radius 1 is 1.16 bits per heavy atom. The Morgan fingerprint density at radius 2 is 1.68 bits per heavy atom. The molecule has 1 amide bonds. The van der Waals surface area contributed by atoms with Gasteiger partial charge in [-0.3, -0.25) is 4.79 Å². The number of amides is 1. The molecule has 106 valence electrons. The number of aryl methyl sites for hydroxylation is 2. The third-order valence-corrected chi connectivity index (χ3v) is 3.18. The Balaban J connectivity index is 3.05. The van der Waals surface area contributed by atoms with Crippen molar-refractivity contribution in [2.24, 2.45) is 5.41 Å². The highest BCUT2D eigenvalue weighted by molar-refractivity contribution is 5.99. The number of carboxylic acids is 1. The van der Waals surface area contributed by atoms with E-state index in [-0.39, 0.29) is 0 Å². The van der Waals surface area contributed by atoms with Gasteiger partial charge in [0.05, 0.1) is 5.56 Å². The molecule has 2 N–H and O–H groups in total. The molecule has 1 heterocycles. The largest absolute Gasteiger partial charge is 0.480 e. The van der Waals surface area contributed by atoms with Crippen molar-refractivity contribution in [2.45, 2.75) is 47.6 Å². The van der Waals surface area contributed by atoms with Gasteiger partial charge in [-0.15, -0.1) is 0 Å². The third kappa shape index (κ3) is 3.16. The van der Waals surface area contributed by atoms with Crippen LogP contribution in [0.3, 0.4) is 0 Å². The molecule has 1 rings (SSSR count). The number of furan rings is 1. The number of aliphatic carboxylic acids is 1. The van der Waals surface area contributed by atoms with E-state index in [2.05, 4.69) is 5.32 Å². The van der Waals surface area contributed by atoms with Crippen LogP contribution in [0.25, 0.3) is 0 Å². The Labute approximate surface area is 113 Å². The van der Waals surface area contributed by atoms with Gasteiger partial charge >= 0.3 is 5.97 Å². The zero-order valence-electron chi connectivity index (χ0n) is 12.2. The minimum absolute atomic E-state index is 0.408. The molecule has 0 saturated carbocycles. The lowest BCUT2D eigenvalue weighted by atomic mass is 9.86. The lowest BCUT2D eigenvalue weighted by molar-refractivity contribution is -0.142. The normalized spacial score (nSPS) is 13.2. The van der Waals surface area contributed by atoms with E-state index >= 15 is 0 Å². The van der Waals surface area contributed by atoms with Crippen molar-refractivity contribution in [1.29, 1.82) is 0 Å². The van der Waals surface area contributed by atoms with Crippen LogP contribution in [0.15, 0.2) is 4.42 Å². The molecule has 0 unspecified atom stereocenters. The van der Waals surface area contributed by atoms with Crippen LogP contribution in [0.2, 0.25) is 0 Å². The number of hydrogen-bond donors (Lipinski definition) is 2. The van der Waals surface area contributed by atoms with Crippen LogP contribution in [0.1, 0.15) is 48.2 Å². The molecule has 1 atom stereocenters. The Hall–Kier alpha value is -1.78. The average Bonchev–Trinajstić information content (AvgIpc) is 2.47. The number of nitrogens with one attached hydrogen (secondary N) is 1. The summed E-state index contributed by atoms with van der Waals surface area (Å²) in [5, 5.41) is 11.8. The molecule has 19 heavy (non-hydrogen) atoms. The van der Waals surface area contributed by atoms with E-state index in [0.29, 0.717) is 17.1 Å². The summed E-state index contributed by atoms with van der Waals surface area (Å²) in [7, 11) is 0. The fourth-order valence-corrected chi connectivity index (χ4v) is 1.98. The number of rotatable bonds is 3. The second kappa shape index (κ2) is 5.07. The topological polar surface area (TPSA) is 79.5 Å². The Morgan fingerprint density at radius 3 is 2.00 bits per heavy atom. The predicted molar refractivity (Wildman–Crippen MR) is 71.3 cm³/mol. The third-order valence-electron chi connectivity index (χ3n) is 3.18. The van der Waals surface area contributed by atoms with E-state index in [9.17, 15) is 14.7 Å². The van der Waals surface area contributed by atoms with Gasteiger partial charge in [-0.25, -0.2) is 4.79 Å². The van der Waals surface area contributed by atoms with Gasteiger partial charge in [-0.05, 0) is 26.2 Å². The highest BCUT2D eigenvalue weighted by atomic mass is 16.4. The molecule has 5 nitrogen and oxygen atoms in total. The molecule has 1 aromatic rings. The van der Waals surface area contributed by atoms with Crippen molar-refractivity contribution in [3.63, 3.8) is 0 Å². The van der Waals surface area contributed by atoms with Gasteiger partial charge in [0.25, 0.3) is 5.91 Å². The maximum Gasteiger partial charge on any atom is 0.326 e. The molecule has 5 heteroatoms. The second-order valence-corrected chi connectivity index (χ2v) is 5.83. The summed E-state index contributed by atoms with van der Waals surface area (Å²) in [6.45, 7) is 10.6. The standard InChI is InChI=1S/C14H21NO4/c1-7-8(2)19-9(3)10(7)12(16)15-11(13(17)18)14(4,5)6/h11H,1-6H3,(H,15,16)(H,17,18)/t11-/m1/s1. The second-order valence-electron chi connectivity index (χ2n) is 5.83. The van der Waals surface area contributed by atoms with E-state index < -0.39 is 23.3 Å². The summed E-state index contributed by atoms with van der Waals surface area (Å²) in [5.74, 6) is -0.277. The van der Waals surface area contributed by atoms with Crippen LogP contribution < -0.4 is 5.32 Å². The summed E-state index contributed by atoms with van der Waals surface area (Å²) < 4.78 is 5.39. The van der Waals surface area contributed by atoms with E-state index in [1.165, 1.54) is 0 Å². The van der Waals surface area contributed by atoms with E-state index in [4.69, 9.17) is 4.42 Å². The smallest absolute Gasteiger partial charge is 0.326 e. The maximum atomic E-state index is 12.2. The minimum atomic E-state index is -1.05. The summed E-state index contributed by atoms with van der Waals surface area (Å²) in [5.41, 5.74) is 0.600. The van der Waals surface area contributed by atoms with Crippen LogP contribution >= 0.6 is 0 Å². The number of hydrogen-bond acceptors (Lipinski definition) is 3. The van der Waals surface area contributed by atoms with Crippen molar-refractivity contribution in [3.8, 4) is 0 Å². The summed E-state index contributed by atoms with van der Waals surface area (Å²) in [6, 6.07) is -0.950. The first-order valence-electron chi connectivity index (χ1n) is 6.16. The number of carboxylic acid groups (broad SMARTS) is 1. The van der Waals surface area contributed by atoms with Gasteiger partial charge in [0, 0.05) is 5.56 Å². The van der Waals surface area contributed by atoms with Crippen LogP contribution in [0, 0.1) is 26.2 Å². The molecule has 0 saturated heterocycles. The predicted octanol–water partition coefficient (Wildman–Crippen LogP) is 2.43. The molecule has 0 spiro atoms. The van der Waals surface area contributed by atoms with Gasteiger partial charge in [0.1, 0.15) is 17.6 Å². The highest BCUT2D eigenvalue weighted by Crippen LogP contribution is 2.23. The van der Waals surface area contributed by atoms with Crippen molar-refractivity contribution in [2.75, 3.05) is 0 Å². The van der Waals surface area contributed by atoms with Crippen LogP contribution in [-0.4, -0.2) is 23.0 Å². The average molecular weight is 267 g/mol. The first-order chi connectivity index (χ1) is 8.55. The Kier molecular flexibility index (Phi) is 4.08. The van der Waals surface area contributed by atoms with Gasteiger partial charge < -0.3 is 14.8 Å². The van der Waals surface area contributed by atoms with Crippen LogP contribution in [-0.2, 0) is 4.79 Å². The summed E-state index contributed by atoms with van der Waals surface area (Å²) in [6.07, 6.45) is 0. The highest BCUT2D eigenvalue weighted by Gasteiger charge is 2.34. The number of carbonyl (C=O) groups is 2. The van der Waals surface area contributed by atoms with E-state index in [1.807, 2.05) is 0 Å². The van der Waals surface area contributed by atoms with Crippen molar-refractivity contribution in [1.82, 2.24) is 5.32 Å². The lowest BCUT2D eigenvalue weighted by Crippen LogP contribution is -2.49. The van der Waals surface area contributed by atoms with Crippen LogP contribution in [0.4, 0.5) is 0 Å². The first kappa shape index (κ1) is 15.3. The van der Waals surface area contributed by atoms with E-state index in [0.717, 1.165) is 5.56 Å². The monoisotopic (exact) mass is 267 g/mol. The van der Waals surface area contributed by atoms with Gasteiger partial charge in [-0.2, -0.15) is 0 Å². The van der Waals surface area contributed by atoms with Crippen molar-refractivity contribution < 1.29 is 19.1 Å². The molecule has 0 aliphatic heterocycles. The molecule has 0 aliphatic rings. The van der Waals surface area contributed by atoms with Gasteiger partial charge in [-0.1, -0.05) is 20.8 Å². The van der Waals surface area contributed by atoms with Crippen molar-refractivity contribution >= 4 is 11.9 Å². The molecular formula is C14H21NO4. The fourth-order valence-electron chi connectivity index (χ4n) is 1.98.